The van der Waals surface area contributed by atoms with Gasteiger partial charge in [0.1, 0.15) is 0 Å². The van der Waals surface area contributed by atoms with E-state index in [-0.39, 0.29) is 5.78 Å². The molecular weight excluding hydrogens is 250 g/mol. The first-order valence-corrected chi connectivity index (χ1v) is 6.98. The minimum absolute atomic E-state index is 0.0943. The fourth-order valence-electron chi connectivity index (χ4n) is 2.71. The molecule has 0 unspecified atom stereocenters. The Bertz CT molecular complexity index is 677. The standard InChI is InChI=1S/C17H17NO2/c1-3-4-7-11-10-14(20-2)18-16-12-8-5-6-9-13(12)17(19)15(11)16/h5-6,8-10H,3-4,7H2,1-2H3. The van der Waals surface area contributed by atoms with Gasteiger partial charge in [0.05, 0.1) is 18.4 Å². The molecule has 3 nitrogen and oxygen atoms in total. The number of ketones is 1. The Kier molecular flexibility index (Phi) is 3.26. The summed E-state index contributed by atoms with van der Waals surface area (Å²) in [6.45, 7) is 2.15. The molecule has 1 heterocycles. The van der Waals surface area contributed by atoms with Crippen LogP contribution in [0.3, 0.4) is 0 Å². The summed E-state index contributed by atoms with van der Waals surface area (Å²) in [7, 11) is 1.61. The number of fused-ring (bicyclic) bond motifs is 3. The molecule has 0 bridgehead atoms. The molecule has 0 radical (unpaired) electrons. The number of carbonyl (C=O) groups is 1. The van der Waals surface area contributed by atoms with Crippen molar-refractivity contribution >= 4 is 5.78 Å². The van der Waals surface area contributed by atoms with E-state index < -0.39 is 0 Å². The number of aryl methyl sites for hydroxylation is 1. The quantitative estimate of drug-likeness (QED) is 0.724. The molecule has 0 atom stereocenters. The first-order chi connectivity index (χ1) is 9.76. The van der Waals surface area contributed by atoms with Crippen LogP contribution < -0.4 is 4.74 Å². The molecule has 0 saturated carbocycles. The topological polar surface area (TPSA) is 39.2 Å². The molecule has 0 saturated heterocycles. The lowest BCUT2D eigenvalue weighted by Crippen LogP contribution is -2.03. The fraction of sp³-hybridized carbons (Fsp3) is 0.294. The number of aromatic nitrogens is 1. The molecule has 1 aliphatic rings. The van der Waals surface area contributed by atoms with Crippen LogP contribution in [0.2, 0.25) is 0 Å². The maximum atomic E-state index is 12.6. The molecule has 1 aromatic carbocycles. The van der Waals surface area contributed by atoms with Crippen LogP contribution in [-0.2, 0) is 6.42 Å². The lowest BCUT2D eigenvalue weighted by atomic mass is 10.0. The zero-order valence-electron chi connectivity index (χ0n) is 11.8. The van der Waals surface area contributed by atoms with Gasteiger partial charge < -0.3 is 4.74 Å². The van der Waals surface area contributed by atoms with Gasteiger partial charge in [-0.05, 0) is 18.4 Å². The summed E-state index contributed by atoms with van der Waals surface area (Å²) in [5.41, 5.74) is 4.26. The van der Waals surface area contributed by atoms with Gasteiger partial charge in [0.25, 0.3) is 0 Å². The van der Waals surface area contributed by atoms with Crippen LogP contribution in [0.4, 0.5) is 0 Å². The molecule has 0 fully saturated rings. The summed E-state index contributed by atoms with van der Waals surface area (Å²) in [5, 5.41) is 0. The third-order valence-corrected chi connectivity index (χ3v) is 3.74. The van der Waals surface area contributed by atoms with Crippen LogP contribution in [0, 0.1) is 0 Å². The van der Waals surface area contributed by atoms with Gasteiger partial charge >= 0.3 is 0 Å². The highest BCUT2D eigenvalue weighted by Crippen LogP contribution is 2.38. The number of hydrogen-bond acceptors (Lipinski definition) is 3. The van der Waals surface area contributed by atoms with Gasteiger partial charge in [-0.15, -0.1) is 0 Å². The second kappa shape index (κ2) is 5.08. The maximum absolute atomic E-state index is 12.6. The summed E-state index contributed by atoms with van der Waals surface area (Å²) in [6.07, 6.45) is 3.04. The van der Waals surface area contributed by atoms with E-state index in [2.05, 4.69) is 11.9 Å². The molecule has 0 aliphatic heterocycles. The van der Waals surface area contributed by atoms with Crippen molar-refractivity contribution in [2.24, 2.45) is 0 Å². The minimum Gasteiger partial charge on any atom is -0.481 e. The SMILES string of the molecule is CCCCc1cc(OC)nc2c1C(=O)c1ccccc1-2. The predicted molar refractivity (Wildman–Crippen MR) is 78.3 cm³/mol. The molecule has 2 aromatic rings. The van der Waals surface area contributed by atoms with E-state index in [1.165, 1.54) is 0 Å². The van der Waals surface area contributed by atoms with Gasteiger partial charge in [-0.3, -0.25) is 4.79 Å². The number of benzene rings is 1. The molecule has 3 rings (SSSR count). The fourth-order valence-corrected chi connectivity index (χ4v) is 2.71. The predicted octanol–water partition coefficient (Wildman–Crippen LogP) is 3.64. The van der Waals surface area contributed by atoms with Gasteiger partial charge in [0, 0.05) is 17.2 Å². The van der Waals surface area contributed by atoms with E-state index in [0.717, 1.165) is 47.2 Å². The second-order valence-corrected chi connectivity index (χ2v) is 5.03. The van der Waals surface area contributed by atoms with Crippen molar-refractivity contribution in [1.29, 1.82) is 0 Å². The Morgan fingerprint density at radius 2 is 1.95 bits per heavy atom. The molecule has 102 valence electrons. The Labute approximate surface area is 118 Å². The summed E-state index contributed by atoms with van der Waals surface area (Å²) in [4.78, 5) is 17.1. The number of nitrogens with zero attached hydrogens (tertiary/aromatic N) is 1. The van der Waals surface area contributed by atoms with Crippen molar-refractivity contribution < 1.29 is 9.53 Å². The van der Waals surface area contributed by atoms with E-state index in [1.54, 1.807) is 7.11 Å². The second-order valence-electron chi connectivity index (χ2n) is 5.03. The molecule has 1 aromatic heterocycles. The Morgan fingerprint density at radius 3 is 2.65 bits per heavy atom. The van der Waals surface area contributed by atoms with Gasteiger partial charge in [0.2, 0.25) is 5.88 Å². The number of unbranched alkanes of at least 4 members (excludes halogenated alkanes) is 1. The van der Waals surface area contributed by atoms with Crippen molar-refractivity contribution in [1.82, 2.24) is 4.98 Å². The summed E-state index contributed by atoms with van der Waals surface area (Å²) in [6, 6.07) is 9.56. The van der Waals surface area contributed by atoms with Crippen LogP contribution in [-0.4, -0.2) is 17.9 Å². The Morgan fingerprint density at radius 1 is 1.20 bits per heavy atom. The highest BCUT2D eigenvalue weighted by atomic mass is 16.5. The number of ether oxygens (including phenoxy) is 1. The van der Waals surface area contributed by atoms with E-state index in [9.17, 15) is 4.79 Å². The van der Waals surface area contributed by atoms with Crippen LogP contribution in [0.1, 0.15) is 41.3 Å². The number of pyridine rings is 1. The van der Waals surface area contributed by atoms with E-state index in [4.69, 9.17) is 4.74 Å². The van der Waals surface area contributed by atoms with Crippen molar-refractivity contribution in [3.63, 3.8) is 0 Å². The van der Waals surface area contributed by atoms with Gasteiger partial charge in [-0.25, -0.2) is 4.98 Å². The Balaban J connectivity index is 2.20. The summed E-state index contributed by atoms with van der Waals surface area (Å²) >= 11 is 0. The van der Waals surface area contributed by atoms with Crippen molar-refractivity contribution in [3.8, 4) is 17.1 Å². The van der Waals surface area contributed by atoms with Crippen molar-refractivity contribution in [3.05, 3.63) is 47.0 Å². The molecule has 3 heteroatoms. The van der Waals surface area contributed by atoms with Gasteiger partial charge in [-0.2, -0.15) is 0 Å². The number of carbonyl (C=O) groups excluding carboxylic acids is 1. The third kappa shape index (κ3) is 1.90. The zero-order chi connectivity index (χ0) is 14.1. The highest BCUT2D eigenvalue weighted by molar-refractivity contribution is 6.21. The molecular formula is C17H17NO2. The van der Waals surface area contributed by atoms with Crippen LogP contribution in [0.15, 0.2) is 30.3 Å². The molecule has 1 aliphatic carbocycles. The van der Waals surface area contributed by atoms with E-state index in [1.807, 2.05) is 30.3 Å². The smallest absolute Gasteiger partial charge is 0.213 e. The van der Waals surface area contributed by atoms with Gasteiger partial charge in [-0.1, -0.05) is 37.6 Å². The van der Waals surface area contributed by atoms with E-state index >= 15 is 0 Å². The number of methoxy groups -OCH3 is 1. The summed E-state index contributed by atoms with van der Waals surface area (Å²) in [5.74, 6) is 0.677. The normalized spacial score (nSPS) is 12.2. The van der Waals surface area contributed by atoms with Crippen LogP contribution in [0.25, 0.3) is 11.3 Å². The molecule has 0 amide bonds. The highest BCUT2D eigenvalue weighted by Gasteiger charge is 2.30. The van der Waals surface area contributed by atoms with Crippen molar-refractivity contribution in [2.75, 3.05) is 7.11 Å². The minimum atomic E-state index is 0.0943. The lowest BCUT2D eigenvalue weighted by molar-refractivity contribution is 0.104. The maximum Gasteiger partial charge on any atom is 0.213 e. The first kappa shape index (κ1) is 12.9. The number of hydrogen-bond donors (Lipinski definition) is 0. The van der Waals surface area contributed by atoms with Crippen LogP contribution >= 0.6 is 0 Å². The third-order valence-electron chi connectivity index (χ3n) is 3.74. The number of rotatable bonds is 4. The van der Waals surface area contributed by atoms with Crippen molar-refractivity contribution in [2.45, 2.75) is 26.2 Å². The monoisotopic (exact) mass is 267 g/mol. The van der Waals surface area contributed by atoms with Gasteiger partial charge in [0.15, 0.2) is 5.78 Å². The van der Waals surface area contributed by atoms with Crippen LogP contribution in [0.5, 0.6) is 5.88 Å². The summed E-state index contributed by atoms with van der Waals surface area (Å²) < 4.78 is 5.29. The zero-order valence-corrected chi connectivity index (χ0v) is 11.8. The first-order valence-electron chi connectivity index (χ1n) is 6.98. The Hall–Kier alpha value is -2.16. The van der Waals surface area contributed by atoms with E-state index in [0.29, 0.717) is 5.88 Å². The average Bonchev–Trinajstić information content (AvgIpc) is 2.78. The largest absolute Gasteiger partial charge is 0.481 e. The lowest BCUT2D eigenvalue weighted by Gasteiger charge is -2.09. The molecule has 0 spiro atoms. The molecule has 0 N–H and O–H groups in total. The average molecular weight is 267 g/mol. The molecule has 20 heavy (non-hydrogen) atoms.